The number of aromatic nitrogens is 5. The minimum absolute atomic E-state index is 0.0980. The molecule has 3 aromatic rings. The van der Waals surface area contributed by atoms with Gasteiger partial charge in [0, 0.05) is 37.8 Å². The van der Waals surface area contributed by atoms with Crippen molar-refractivity contribution >= 4 is 17.8 Å². The molecule has 2 amide bonds. The fourth-order valence-corrected chi connectivity index (χ4v) is 4.13. The molecule has 1 atom stereocenters. The number of ether oxygens (including phenoxy) is 2. The predicted molar refractivity (Wildman–Crippen MR) is 131 cm³/mol. The summed E-state index contributed by atoms with van der Waals surface area (Å²) in [6.45, 7) is 4.46. The van der Waals surface area contributed by atoms with Gasteiger partial charge < -0.3 is 19.7 Å². The van der Waals surface area contributed by atoms with Crippen molar-refractivity contribution in [1.29, 1.82) is 0 Å². The molecule has 1 saturated heterocycles. The third-order valence-corrected chi connectivity index (χ3v) is 6.02. The van der Waals surface area contributed by atoms with Crippen LogP contribution in [0.25, 0.3) is 11.4 Å². The maximum Gasteiger partial charge on any atom is 0.303 e. The molecule has 3 heterocycles. The maximum atomic E-state index is 13.6. The van der Waals surface area contributed by atoms with Gasteiger partial charge in [0.25, 0.3) is 11.8 Å². The number of likely N-dealkylation sites (tertiary alicyclic amines) is 1. The molecular weight excluding hydrogens is 497 g/mol. The Morgan fingerprint density at radius 2 is 2.03 bits per heavy atom. The third kappa shape index (κ3) is 6.66. The quantitative estimate of drug-likeness (QED) is 0.412. The number of hydrogen-bond acceptors (Lipinski definition) is 9. The van der Waals surface area contributed by atoms with Gasteiger partial charge in [-0.1, -0.05) is 6.07 Å². The fourth-order valence-electron chi connectivity index (χ4n) is 4.13. The minimum Gasteiger partial charge on any atom is -0.494 e. The summed E-state index contributed by atoms with van der Waals surface area (Å²) in [5.41, 5.74) is 2.04. The lowest BCUT2D eigenvalue weighted by Crippen LogP contribution is -2.33. The van der Waals surface area contributed by atoms with E-state index >= 15 is 0 Å². The molecule has 0 unspecified atom stereocenters. The number of pyridine rings is 1. The molecule has 38 heavy (non-hydrogen) atoms. The Morgan fingerprint density at radius 3 is 2.79 bits per heavy atom. The number of hydrogen-bond donors (Lipinski definition) is 1. The third-order valence-electron chi connectivity index (χ3n) is 6.02. The van der Waals surface area contributed by atoms with Gasteiger partial charge in [-0.05, 0) is 54.3 Å². The van der Waals surface area contributed by atoms with Gasteiger partial charge in [-0.2, -0.15) is 4.80 Å². The van der Waals surface area contributed by atoms with E-state index < -0.39 is 17.7 Å². The van der Waals surface area contributed by atoms with E-state index in [1.807, 2.05) is 0 Å². The molecular formula is C25H28FN7O5. The number of tetrazole rings is 1. The normalized spacial score (nSPS) is 14.8. The number of nitrogens with one attached hydrogen (secondary N) is 1. The number of amides is 2. The first-order valence-electron chi connectivity index (χ1n) is 12.0. The molecule has 200 valence electrons. The highest BCUT2D eigenvalue weighted by molar-refractivity contribution is 5.93. The molecule has 2 aromatic heterocycles. The van der Waals surface area contributed by atoms with Gasteiger partial charge in [0.15, 0.2) is 18.2 Å². The summed E-state index contributed by atoms with van der Waals surface area (Å²) in [7, 11) is 1.38. The van der Waals surface area contributed by atoms with Crippen molar-refractivity contribution in [3.05, 3.63) is 53.1 Å². The van der Waals surface area contributed by atoms with Crippen LogP contribution in [0.1, 0.15) is 35.1 Å². The smallest absolute Gasteiger partial charge is 0.303 e. The number of nitrogens with zero attached hydrogens (tertiary/aromatic N) is 6. The second-order valence-corrected chi connectivity index (χ2v) is 8.98. The molecule has 13 heteroatoms. The Kier molecular flexibility index (Phi) is 8.24. The van der Waals surface area contributed by atoms with E-state index in [1.165, 1.54) is 31.0 Å². The van der Waals surface area contributed by atoms with Crippen LogP contribution in [0.15, 0.2) is 30.3 Å². The van der Waals surface area contributed by atoms with Crippen molar-refractivity contribution < 1.29 is 28.2 Å². The van der Waals surface area contributed by atoms with E-state index in [1.54, 1.807) is 30.0 Å². The Balaban J connectivity index is 1.37. The van der Waals surface area contributed by atoms with Gasteiger partial charge in [-0.25, -0.2) is 9.37 Å². The number of rotatable bonds is 9. The molecule has 1 aliphatic heterocycles. The zero-order valence-electron chi connectivity index (χ0n) is 21.3. The topological polar surface area (TPSA) is 141 Å². The first-order valence-corrected chi connectivity index (χ1v) is 12.0. The van der Waals surface area contributed by atoms with Crippen LogP contribution >= 0.6 is 0 Å². The van der Waals surface area contributed by atoms with Crippen molar-refractivity contribution in [1.82, 2.24) is 35.4 Å². The van der Waals surface area contributed by atoms with Gasteiger partial charge in [0.05, 0.1) is 13.7 Å². The van der Waals surface area contributed by atoms with Crippen LogP contribution in [-0.4, -0.2) is 74.7 Å². The van der Waals surface area contributed by atoms with E-state index in [-0.39, 0.29) is 36.4 Å². The largest absolute Gasteiger partial charge is 0.494 e. The van der Waals surface area contributed by atoms with E-state index in [4.69, 9.17) is 9.47 Å². The van der Waals surface area contributed by atoms with Gasteiger partial charge in [-0.3, -0.25) is 14.4 Å². The lowest BCUT2D eigenvalue weighted by molar-refractivity contribution is -0.149. The summed E-state index contributed by atoms with van der Waals surface area (Å²) in [5, 5.41) is 15.5. The Labute approximate surface area is 218 Å². The summed E-state index contributed by atoms with van der Waals surface area (Å²) in [5.74, 6) is -1.04. The van der Waals surface area contributed by atoms with Gasteiger partial charge in [-0.15, -0.1) is 10.2 Å². The SMILES string of the molecule is COc1cc(CNC(=O)c2cc(-c3nnn(C[C@@H]4CCN(C(=O)COC(C)=O)C4)n3)cc(C)n2)ccc1F. The van der Waals surface area contributed by atoms with E-state index in [0.29, 0.717) is 42.3 Å². The van der Waals surface area contributed by atoms with E-state index in [9.17, 15) is 18.8 Å². The Morgan fingerprint density at radius 1 is 1.21 bits per heavy atom. The number of benzene rings is 1. The molecule has 0 radical (unpaired) electrons. The van der Waals surface area contributed by atoms with Crippen molar-refractivity contribution in [2.45, 2.75) is 33.4 Å². The molecule has 0 bridgehead atoms. The molecule has 0 saturated carbocycles. The maximum absolute atomic E-state index is 13.6. The highest BCUT2D eigenvalue weighted by Crippen LogP contribution is 2.21. The summed E-state index contributed by atoms with van der Waals surface area (Å²) in [6.07, 6.45) is 0.765. The van der Waals surface area contributed by atoms with Crippen molar-refractivity contribution in [3.63, 3.8) is 0 Å². The molecule has 0 spiro atoms. The summed E-state index contributed by atoms with van der Waals surface area (Å²) < 4.78 is 23.4. The van der Waals surface area contributed by atoms with Crippen molar-refractivity contribution in [2.24, 2.45) is 5.92 Å². The average molecular weight is 526 g/mol. The second kappa shape index (κ2) is 11.8. The number of carbonyl (C=O) groups excluding carboxylic acids is 3. The summed E-state index contributed by atoms with van der Waals surface area (Å²) in [6, 6.07) is 7.71. The number of halogens is 1. The van der Waals surface area contributed by atoms with Gasteiger partial charge in [0.2, 0.25) is 5.82 Å². The number of aryl methyl sites for hydroxylation is 1. The monoisotopic (exact) mass is 525 g/mol. The molecule has 0 aliphatic carbocycles. The van der Waals surface area contributed by atoms with Crippen LogP contribution < -0.4 is 10.1 Å². The van der Waals surface area contributed by atoms with Crippen LogP contribution in [0.5, 0.6) is 5.75 Å². The van der Waals surface area contributed by atoms with E-state index in [2.05, 4.69) is 25.7 Å². The fraction of sp³-hybridized carbons (Fsp3) is 0.400. The van der Waals surface area contributed by atoms with Gasteiger partial charge in [0.1, 0.15) is 5.69 Å². The highest BCUT2D eigenvalue weighted by atomic mass is 19.1. The second-order valence-electron chi connectivity index (χ2n) is 8.98. The van der Waals surface area contributed by atoms with Gasteiger partial charge >= 0.3 is 5.97 Å². The summed E-state index contributed by atoms with van der Waals surface area (Å²) in [4.78, 5) is 43.3. The highest BCUT2D eigenvalue weighted by Gasteiger charge is 2.27. The average Bonchev–Trinajstić information content (AvgIpc) is 3.56. The first kappa shape index (κ1) is 26.6. The minimum atomic E-state index is -0.492. The standard InChI is InChI=1S/C25H28FN7O5/c1-15-8-19(10-21(28-15)25(36)27-11-17-4-5-20(26)22(9-17)37-3)24-29-31-33(30-24)13-18-6-7-32(12-18)23(35)14-38-16(2)34/h4-5,8-10,18H,6-7,11-14H2,1-3H3,(H,27,36)/t18-/m1/s1. The first-order chi connectivity index (χ1) is 18.2. The van der Waals surface area contributed by atoms with Crippen LogP contribution in [0, 0.1) is 18.7 Å². The van der Waals surface area contributed by atoms with Crippen LogP contribution in [-0.2, 0) is 27.4 Å². The zero-order valence-corrected chi connectivity index (χ0v) is 21.3. The number of carbonyl (C=O) groups is 3. The van der Waals surface area contributed by atoms with Crippen LogP contribution in [0.3, 0.4) is 0 Å². The molecule has 1 aromatic carbocycles. The van der Waals surface area contributed by atoms with Crippen LogP contribution in [0.4, 0.5) is 4.39 Å². The van der Waals surface area contributed by atoms with Crippen molar-refractivity contribution in [2.75, 3.05) is 26.8 Å². The zero-order chi connectivity index (χ0) is 27.2. The Hall–Kier alpha value is -4.42. The van der Waals surface area contributed by atoms with E-state index in [0.717, 1.165) is 6.42 Å². The molecule has 1 N–H and O–H groups in total. The molecule has 1 fully saturated rings. The molecule has 4 rings (SSSR count). The lowest BCUT2D eigenvalue weighted by atomic mass is 10.1. The molecule has 12 nitrogen and oxygen atoms in total. The van der Waals surface area contributed by atoms with Crippen LogP contribution in [0.2, 0.25) is 0 Å². The van der Waals surface area contributed by atoms with Crippen molar-refractivity contribution in [3.8, 4) is 17.1 Å². The summed E-state index contributed by atoms with van der Waals surface area (Å²) >= 11 is 0. The Bertz CT molecular complexity index is 1350. The predicted octanol–water partition coefficient (Wildman–Crippen LogP) is 1.53. The number of methoxy groups -OCH3 is 1. The lowest BCUT2D eigenvalue weighted by Gasteiger charge is -2.15. The molecule has 1 aliphatic rings. The number of esters is 1.